The summed E-state index contributed by atoms with van der Waals surface area (Å²) < 4.78 is 5.62. The lowest BCUT2D eigenvalue weighted by Gasteiger charge is -2.17. The Hall–Kier alpha value is -1.76. The van der Waals surface area contributed by atoms with Gasteiger partial charge in [0, 0.05) is 11.6 Å². The molecule has 3 nitrogen and oxygen atoms in total. The van der Waals surface area contributed by atoms with E-state index in [1.807, 2.05) is 43.3 Å². The van der Waals surface area contributed by atoms with Crippen LogP contribution in [0.4, 0.5) is 0 Å². The molecule has 100 valence electrons. The minimum atomic E-state index is -0.317. The number of fused-ring (bicyclic) bond motifs is 1. The van der Waals surface area contributed by atoms with Gasteiger partial charge in [0.25, 0.3) is 0 Å². The van der Waals surface area contributed by atoms with E-state index in [9.17, 15) is 0 Å². The molecule has 0 saturated heterocycles. The lowest BCUT2D eigenvalue weighted by atomic mass is 9.96. The minimum absolute atomic E-state index is 0. The summed E-state index contributed by atoms with van der Waals surface area (Å²) in [5.74, 6) is 0.777. The molecule has 19 heavy (non-hydrogen) atoms. The van der Waals surface area contributed by atoms with Gasteiger partial charge < -0.3 is 10.5 Å². The highest BCUT2D eigenvalue weighted by Crippen LogP contribution is 2.33. The highest BCUT2D eigenvalue weighted by Gasteiger charge is 2.15. The molecule has 2 rings (SSSR count). The van der Waals surface area contributed by atoms with E-state index in [1.165, 1.54) is 0 Å². The summed E-state index contributed by atoms with van der Waals surface area (Å²) in [6.07, 6.45) is 0.286. The number of nitrogens with zero attached hydrogens (tertiary/aromatic N) is 1. The third kappa shape index (κ3) is 3.17. The topological polar surface area (TPSA) is 59.0 Å². The van der Waals surface area contributed by atoms with Crippen LogP contribution in [0.3, 0.4) is 0 Å². The Bertz CT molecular complexity index is 592. The summed E-state index contributed by atoms with van der Waals surface area (Å²) in [7, 11) is 0. The molecular weight excluding hydrogens is 260 g/mol. The highest BCUT2D eigenvalue weighted by molar-refractivity contribution is 5.88. The largest absolute Gasteiger partial charge is 0.494 e. The smallest absolute Gasteiger partial charge is 0.124 e. The standard InChI is InChI=1S/C15H16N2O.ClH/c1-2-18-14-8-7-11-5-3-4-6-12(11)15(14)13(17)9-10-16;/h3-8,13H,2,9,17H2,1H3;1H/t13-;/m1./s1. The Morgan fingerprint density at radius 3 is 2.68 bits per heavy atom. The molecule has 0 heterocycles. The number of halogens is 1. The van der Waals surface area contributed by atoms with E-state index in [-0.39, 0.29) is 24.9 Å². The van der Waals surface area contributed by atoms with Crippen LogP contribution < -0.4 is 10.5 Å². The second-order valence-corrected chi connectivity index (χ2v) is 4.10. The molecule has 2 aromatic carbocycles. The summed E-state index contributed by atoms with van der Waals surface area (Å²) in [6.45, 7) is 2.53. The lowest BCUT2D eigenvalue weighted by molar-refractivity contribution is 0.335. The van der Waals surface area contributed by atoms with Crippen molar-refractivity contribution in [1.82, 2.24) is 0 Å². The van der Waals surface area contributed by atoms with Gasteiger partial charge in [0.05, 0.1) is 19.1 Å². The summed E-state index contributed by atoms with van der Waals surface area (Å²) in [6, 6.07) is 13.8. The second-order valence-electron chi connectivity index (χ2n) is 4.10. The van der Waals surface area contributed by atoms with E-state index in [1.54, 1.807) is 0 Å². The van der Waals surface area contributed by atoms with Crippen LogP contribution in [0.1, 0.15) is 24.9 Å². The Morgan fingerprint density at radius 1 is 1.26 bits per heavy atom. The van der Waals surface area contributed by atoms with Crippen LogP contribution in [0.5, 0.6) is 5.75 Å². The average Bonchev–Trinajstić information content (AvgIpc) is 2.39. The second kappa shape index (κ2) is 6.98. The number of hydrogen-bond donors (Lipinski definition) is 1. The first-order valence-corrected chi connectivity index (χ1v) is 6.05. The van der Waals surface area contributed by atoms with Gasteiger partial charge in [-0.2, -0.15) is 5.26 Å². The molecular formula is C15H17ClN2O. The molecule has 1 atom stereocenters. The summed E-state index contributed by atoms with van der Waals surface area (Å²) >= 11 is 0. The maximum absolute atomic E-state index is 8.82. The molecule has 0 aliphatic rings. The summed E-state index contributed by atoms with van der Waals surface area (Å²) in [4.78, 5) is 0. The van der Waals surface area contributed by atoms with Crippen molar-refractivity contribution in [3.8, 4) is 11.8 Å². The third-order valence-electron chi connectivity index (χ3n) is 2.91. The number of benzene rings is 2. The summed E-state index contributed by atoms with van der Waals surface area (Å²) in [5.41, 5.74) is 7.03. The monoisotopic (exact) mass is 276 g/mol. The Morgan fingerprint density at radius 2 is 2.00 bits per heavy atom. The van der Waals surface area contributed by atoms with E-state index in [4.69, 9.17) is 15.7 Å². The number of nitriles is 1. The van der Waals surface area contributed by atoms with E-state index < -0.39 is 0 Å². The fraction of sp³-hybridized carbons (Fsp3) is 0.267. The van der Waals surface area contributed by atoms with Crippen molar-refractivity contribution in [2.75, 3.05) is 6.61 Å². The minimum Gasteiger partial charge on any atom is -0.494 e. The molecule has 0 unspecified atom stereocenters. The molecule has 0 aliphatic carbocycles. The van der Waals surface area contributed by atoms with Crippen molar-refractivity contribution in [2.45, 2.75) is 19.4 Å². The SMILES string of the molecule is CCOc1ccc2ccccc2c1[C@H](N)CC#N.Cl. The fourth-order valence-corrected chi connectivity index (χ4v) is 2.14. The van der Waals surface area contributed by atoms with Gasteiger partial charge in [-0.05, 0) is 23.8 Å². The Kier molecular flexibility index (Phi) is 5.62. The number of rotatable bonds is 4. The van der Waals surface area contributed by atoms with E-state index in [0.717, 1.165) is 22.1 Å². The summed E-state index contributed by atoms with van der Waals surface area (Å²) in [5, 5.41) is 11.0. The first-order chi connectivity index (χ1) is 8.77. The van der Waals surface area contributed by atoms with Gasteiger partial charge in [-0.25, -0.2) is 0 Å². The number of nitrogens with two attached hydrogens (primary N) is 1. The molecule has 2 N–H and O–H groups in total. The zero-order valence-corrected chi connectivity index (χ0v) is 11.6. The van der Waals surface area contributed by atoms with E-state index in [2.05, 4.69) is 6.07 Å². The van der Waals surface area contributed by atoms with Crippen LogP contribution in [0.15, 0.2) is 36.4 Å². The quantitative estimate of drug-likeness (QED) is 0.929. The molecule has 2 aromatic rings. The maximum Gasteiger partial charge on any atom is 0.124 e. The predicted octanol–water partition coefficient (Wildman–Crippen LogP) is 3.57. The van der Waals surface area contributed by atoms with Crippen molar-refractivity contribution in [1.29, 1.82) is 5.26 Å². The molecule has 0 bridgehead atoms. The first-order valence-electron chi connectivity index (χ1n) is 6.05. The fourth-order valence-electron chi connectivity index (χ4n) is 2.14. The van der Waals surface area contributed by atoms with Gasteiger partial charge in [-0.15, -0.1) is 12.4 Å². The average molecular weight is 277 g/mol. The molecule has 0 aromatic heterocycles. The van der Waals surface area contributed by atoms with Gasteiger partial charge in [0.1, 0.15) is 5.75 Å². The van der Waals surface area contributed by atoms with Crippen LogP contribution in [-0.4, -0.2) is 6.61 Å². The van der Waals surface area contributed by atoms with Gasteiger partial charge in [-0.1, -0.05) is 30.3 Å². The lowest BCUT2D eigenvalue weighted by Crippen LogP contribution is -2.12. The predicted molar refractivity (Wildman–Crippen MR) is 79.5 cm³/mol. The normalized spacial score (nSPS) is 11.4. The number of hydrogen-bond acceptors (Lipinski definition) is 3. The van der Waals surface area contributed by atoms with Gasteiger partial charge in [-0.3, -0.25) is 0 Å². The van der Waals surface area contributed by atoms with E-state index >= 15 is 0 Å². The molecule has 0 saturated carbocycles. The zero-order chi connectivity index (χ0) is 13.0. The van der Waals surface area contributed by atoms with Crippen molar-refractivity contribution < 1.29 is 4.74 Å². The van der Waals surface area contributed by atoms with Crippen LogP contribution in [0.2, 0.25) is 0 Å². The molecule has 0 spiro atoms. The van der Waals surface area contributed by atoms with Gasteiger partial charge in [0.2, 0.25) is 0 Å². The third-order valence-corrected chi connectivity index (χ3v) is 2.91. The van der Waals surface area contributed by atoms with Crippen molar-refractivity contribution in [2.24, 2.45) is 5.73 Å². The molecule has 0 fully saturated rings. The highest BCUT2D eigenvalue weighted by atomic mass is 35.5. The maximum atomic E-state index is 8.82. The van der Waals surface area contributed by atoms with Crippen molar-refractivity contribution >= 4 is 23.2 Å². The van der Waals surface area contributed by atoms with Crippen LogP contribution in [0, 0.1) is 11.3 Å². The zero-order valence-electron chi connectivity index (χ0n) is 10.8. The van der Waals surface area contributed by atoms with Crippen molar-refractivity contribution in [3.05, 3.63) is 42.0 Å². The van der Waals surface area contributed by atoms with Gasteiger partial charge in [0.15, 0.2) is 0 Å². The van der Waals surface area contributed by atoms with Crippen LogP contribution >= 0.6 is 12.4 Å². The number of ether oxygens (including phenoxy) is 1. The molecule has 0 radical (unpaired) electrons. The molecule has 0 amide bonds. The van der Waals surface area contributed by atoms with Crippen LogP contribution in [-0.2, 0) is 0 Å². The van der Waals surface area contributed by atoms with Gasteiger partial charge >= 0.3 is 0 Å². The Balaban J connectivity index is 0.00000180. The molecule has 0 aliphatic heterocycles. The molecule has 4 heteroatoms. The van der Waals surface area contributed by atoms with Crippen molar-refractivity contribution in [3.63, 3.8) is 0 Å². The Labute approximate surface area is 119 Å². The van der Waals surface area contributed by atoms with E-state index in [0.29, 0.717) is 6.61 Å². The first kappa shape index (κ1) is 15.3. The van der Waals surface area contributed by atoms with Crippen LogP contribution in [0.25, 0.3) is 10.8 Å².